The quantitative estimate of drug-likeness (QED) is 0.898. The molecule has 0 aliphatic carbocycles. The number of aromatic nitrogens is 1. The number of amides is 1. The summed E-state index contributed by atoms with van der Waals surface area (Å²) in [5, 5.41) is 7.46. The summed E-state index contributed by atoms with van der Waals surface area (Å²) in [7, 11) is 0. The highest BCUT2D eigenvalue weighted by molar-refractivity contribution is 6.30. The minimum atomic E-state index is -0.255. The summed E-state index contributed by atoms with van der Waals surface area (Å²) >= 11 is 5.88. The van der Waals surface area contributed by atoms with Gasteiger partial charge in [-0.05, 0) is 24.6 Å². The Morgan fingerprint density at radius 3 is 2.75 bits per heavy atom. The molecule has 1 aromatic carbocycles. The first-order valence-corrected chi connectivity index (χ1v) is 8.31. The zero-order valence-corrected chi connectivity index (χ0v) is 14.3. The fourth-order valence-electron chi connectivity index (χ4n) is 2.58. The summed E-state index contributed by atoms with van der Waals surface area (Å²) in [6, 6.07) is 8.93. The van der Waals surface area contributed by atoms with Crippen LogP contribution in [0.15, 0.2) is 34.9 Å². The van der Waals surface area contributed by atoms with E-state index in [1.165, 1.54) is 0 Å². The Hall–Kier alpha value is -1.89. The van der Waals surface area contributed by atoms with E-state index in [1.807, 2.05) is 19.1 Å². The van der Waals surface area contributed by atoms with Crippen molar-refractivity contribution in [3.63, 3.8) is 0 Å². The van der Waals surface area contributed by atoms with Crippen LogP contribution in [0.5, 0.6) is 0 Å². The van der Waals surface area contributed by atoms with E-state index in [0.29, 0.717) is 23.0 Å². The van der Waals surface area contributed by atoms with Crippen LogP contribution in [-0.4, -0.2) is 42.3 Å². The Bertz CT molecular complexity index is 681. The number of benzene rings is 1. The van der Waals surface area contributed by atoms with Gasteiger partial charge in [0.15, 0.2) is 11.5 Å². The number of carbonyl (C=O) groups excluding carboxylic acids is 1. The summed E-state index contributed by atoms with van der Waals surface area (Å²) in [4.78, 5) is 14.5. The third-order valence-corrected chi connectivity index (χ3v) is 4.24. The highest BCUT2D eigenvalue weighted by Crippen LogP contribution is 2.17. The summed E-state index contributed by atoms with van der Waals surface area (Å²) in [6.07, 6.45) is 0. The van der Waals surface area contributed by atoms with E-state index in [2.05, 4.69) is 15.4 Å². The second-order valence-corrected chi connectivity index (χ2v) is 6.25. The number of ether oxygens (including phenoxy) is 1. The Labute approximate surface area is 145 Å². The number of halogens is 1. The number of rotatable bonds is 5. The van der Waals surface area contributed by atoms with Crippen LogP contribution < -0.4 is 5.32 Å². The zero-order valence-electron chi connectivity index (χ0n) is 13.5. The van der Waals surface area contributed by atoms with Crippen molar-refractivity contribution in [3.8, 4) is 0 Å². The van der Waals surface area contributed by atoms with E-state index in [4.69, 9.17) is 20.9 Å². The van der Waals surface area contributed by atoms with E-state index in [0.717, 1.165) is 31.9 Å². The van der Waals surface area contributed by atoms with Gasteiger partial charge in [0, 0.05) is 24.2 Å². The van der Waals surface area contributed by atoms with Gasteiger partial charge in [-0.1, -0.05) is 28.9 Å². The van der Waals surface area contributed by atoms with Gasteiger partial charge in [0.2, 0.25) is 0 Å². The van der Waals surface area contributed by atoms with Gasteiger partial charge in [-0.25, -0.2) is 0 Å². The second kappa shape index (κ2) is 7.79. The smallest absolute Gasteiger partial charge is 0.273 e. The maximum absolute atomic E-state index is 12.3. The molecular weight excluding hydrogens is 330 g/mol. The third-order valence-electron chi connectivity index (χ3n) is 3.99. The Morgan fingerprint density at radius 1 is 1.33 bits per heavy atom. The first-order chi connectivity index (χ1) is 11.6. The molecule has 1 aliphatic heterocycles. The number of hydrogen-bond donors (Lipinski definition) is 1. The van der Waals surface area contributed by atoms with E-state index in [1.54, 1.807) is 18.2 Å². The van der Waals surface area contributed by atoms with Gasteiger partial charge in [0.05, 0.1) is 25.8 Å². The Balaban J connectivity index is 1.57. The maximum atomic E-state index is 12.3. The SMILES string of the molecule is CC(NC(=O)c1cc(CN2CCOCC2)on1)c1ccc(Cl)cc1. The molecule has 7 heteroatoms. The highest BCUT2D eigenvalue weighted by Gasteiger charge is 2.18. The molecule has 2 aromatic rings. The summed E-state index contributed by atoms with van der Waals surface area (Å²) in [6.45, 7) is 5.71. The van der Waals surface area contributed by atoms with E-state index < -0.39 is 0 Å². The zero-order chi connectivity index (χ0) is 16.9. The molecule has 0 spiro atoms. The lowest BCUT2D eigenvalue weighted by atomic mass is 10.1. The van der Waals surface area contributed by atoms with E-state index >= 15 is 0 Å². The molecule has 1 fully saturated rings. The Morgan fingerprint density at radius 2 is 2.04 bits per heavy atom. The van der Waals surface area contributed by atoms with Crippen molar-refractivity contribution in [1.29, 1.82) is 0 Å². The maximum Gasteiger partial charge on any atom is 0.273 e. The number of nitrogens with one attached hydrogen (secondary N) is 1. The largest absolute Gasteiger partial charge is 0.379 e. The lowest BCUT2D eigenvalue weighted by Gasteiger charge is -2.25. The molecule has 1 aliphatic rings. The van der Waals surface area contributed by atoms with Gasteiger partial charge >= 0.3 is 0 Å². The standard InChI is InChI=1S/C17H20ClN3O3/c1-12(13-2-4-14(18)5-3-13)19-17(22)16-10-15(24-20-16)11-21-6-8-23-9-7-21/h2-5,10,12H,6-9,11H2,1H3,(H,19,22). The molecule has 0 radical (unpaired) electrons. The fourth-order valence-corrected chi connectivity index (χ4v) is 2.71. The molecule has 1 atom stereocenters. The fraction of sp³-hybridized carbons (Fsp3) is 0.412. The molecule has 24 heavy (non-hydrogen) atoms. The average Bonchev–Trinajstić information content (AvgIpc) is 3.05. The normalized spacial score (nSPS) is 16.8. The van der Waals surface area contributed by atoms with Crippen LogP contribution in [-0.2, 0) is 11.3 Å². The average molecular weight is 350 g/mol. The van der Waals surface area contributed by atoms with Crippen molar-refractivity contribution < 1.29 is 14.1 Å². The van der Waals surface area contributed by atoms with Gasteiger partial charge in [-0.15, -0.1) is 0 Å². The van der Waals surface area contributed by atoms with Crippen LogP contribution in [0.25, 0.3) is 0 Å². The van der Waals surface area contributed by atoms with Crippen molar-refractivity contribution in [2.24, 2.45) is 0 Å². The summed E-state index contributed by atoms with van der Waals surface area (Å²) < 4.78 is 10.6. The van der Waals surface area contributed by atoms with Crippen LogP contribution in [0.4, 0.5) is 0 Å². The van der Waals surface area contributed by atoms with Crippen molar-refractivity contribution in [1.82, 2.24) is 15.4 Å². The molecule has 1 saturated heterocycles. The van der Waals surface area contributed by atoms with Gasteiger partial charge < -0.3 is 14.6 Å². The van der Waals surface area contributed by atoms with Gasteiger partial charge in [-0.3, -0.25) is 9.69 Å². The highest BCUT2D eigenvalue weighted by atomic mass is 35.5. The molecule has 1 unspecified atom stereocenters. The number of carbonyl (C=O) groups is 1. The minimum Gasteiger partial charge on any atom is -0.379 e. The van der Waals surface area contributed by atoms with Crippen LogP contribution in [0.1, 0.15) is 34.8 Å². The van der Waals surface area contributed by atoms with E-state index in [9.17, 15) is 4.79 Å². The lowest BCUT2D eigenvalue weighted by Crippen LogP contribution is -2.35. The topological polar surface area (TPSA) is 67.6 Å². The summed E-state index contributed by atoms with van der Waals surface area (Å²) in [5.41, 5.74) is 1.27. The molecule has 6 nitrogen and oxygen atoms in total. The van der Waals surface area contributed by atoms with Crippen LogP contribution >= 0.6 is 11.6 Å². The number of morpholine rings is 1. The van der Waals surface area contributed by atoms with Crippen molar-refractivity contribution in [3.05, 3.63) is 52.4 Å². The van der Waals surface area contributed by atoms with Gasteiger partial charge in [0.1, 0.15) is 0 Å². The van der Waals surface area contributed by atoms with Gasteiger partial charge in [0.25, 0.3) is 5.91 Å². The van der Waals surface area contributed by atoms with Crippen molar-refractivity contribution >= 4 is 17.5 Å². The number of hydrogen-bond acceptors (Lipinski definition) is 5. The molecule has 1 N–H and O–H groups in total. The Kier molecular flexibility index (Phi) is 5.50. The van der Waals surface area contributed by atoms with Crippen LogP contribution in [0, 0.1) is 0 Å². The molecule has 0 bridgehead atoms. The molecule has 1 amide bonds. The first-order valence-electron chi connectivity index (χ1n) is 7.94. The lowest BCUT2D eigenvalue weighted by molar-refractivity contribution is 0.0305. The van der Waals surface area contributed by atoms with Gasteiger partial charge in [-0.2, -0.15) is 0 Å². The molecule has 128 valence electrons. The molecule has 1 aromatic heterocycles. The molecule has 3 rings (SSSR count). The third kappa shape index (κ3) is 4.35. The van der Waals surface area contributed by atoms with Crippen LogP contribution in [0.3, 0.4) is 0 Å². The molecule has 0 saturated carbocycles. The molecular formula is C17H20ClN3O3. The van der Waals surface area contributed by atoms with E-state index in [-0.39, 0.29) is 11.9 Å². The number of nitrogens with zero attached hydrogens (tertiary/aromatic N) is 2. The summed E-state index contributed by atoms with van der Waals surface area (Å²) in [5.74, 6) is 0.427. The monoisotopic (exact) mass is 349 g/mol. The molecule has 2 heterocycles. The predicted octanol–water partition coefficient (Wildman–Crippen LogP) is 2.65. The first kappa shape index (κ1) is 17.0. The van der Waals surface area contributed by atoms with Crippen molar-refractivity contribution in [2.45, 2.75) is 19.5 Å². The van der Waals surface area contributed by atoms with Crippen molar-refractivity contribution in [2.75, 3.05) is 26.3 Å². The van der Waals surface area contributed by atoms with Crippen LogP contribution in [0.2, 0.25) is 5.02 Å². The minimum absolute atomic E-state index is 0.144. The predicted molar refractivity (Wildman–Crippen MR) is 89.9 cm³/mol. The second-order valence-electron chi connectivity index (χ2n) is 5.81.